The average Bonchev–Trinajstić information content (AvgIpc) is 2.44. The summed E-state index contributed by atoms with van der Waals surface area (Å²) in [6.07, 6.45) is 3.66. The van der Waals surface area contributed by atoms with Gasteiger partial charge in [-0.3, -0.25) is 9.88 Å². The summed E-state index contributed by atoms with van der Waals surface area (Å²) >= 11 is 0. The summed E-state index contributed by atoms with van der Waals surface area (Å²) in [7, 11) is 3.43. The van der Waals surface area contributed by atoms with Crippen molar-refractivity contribution in [3.8, 4) is 0 Å². The van der Waals surface area contributed by atoms with Gasteiger partial charge in [0.05, 0.1) is 19.3 Å². The van der Waals surface area contributed by atoms with E-state index in [-0.39, 0.29) is 18.1 Å². The van der Waals surface area contributed by atoms with Gasteiger partial charge in [0.15, 0.2) is 0 Å². The largest absolute Gasteiger partial charge is 0.383 e. The molecule has 0 aliphatic rings. The molecule has 0 aliphatic heterocycles. The molecule has 1 rings (SSSR count). The molecule has 0 bridgehead atoms. The van der Waals surface area contributed by atoms with Gasteiger partial charge in [-0.2, -0.15) is 0 Å². The molecular formula is C15H27N3O2. The van der Waals surface area contributed by atoms with E-state index in [0.29, 0.717) is 13.2 Å². The number of ether oxygens (including phenoxy) is 2. The van der Waals surface area contributed by atoms with E-state index in [4.69, 9.17) is 15.2 Å². The van der Waals surface area contributed by atoms with Gasteiger partial charge in [-0.15, -0.1) is 0 Å². The van der Waals surface area contributed by atoms with Crippen molar-refractivity contribution >= 4 is 0 Å². The normalized spacial score (nSPS) is 16.1. The molecule has 0 amide bonds. The van der Waals surface area contributed by atoms with Crippen molar-refractivity contribution in [1.82, 2.24) is 9.88 Å². The minimum atomic E-state index is -0.00429. The van der Waals surface area contributed by atoms with Crippen molar-refractivity contribution < 1.29 is 9.47 Å². The van der Waals surface area contributed by atoms with E-state index in [2.05, 4.69) is 22.9 Å². The van der Waals surface area contributed by atoms with E-state index < -0.39 is 0 Å². The van der Waals surface area contributed by atoms with Crippen LogP contribution in [0.3, 0.4) is 0 Å². The lowest BCUT2D eigenvalue weighted by molar-refractivity contribution is 0.0399. The van der Waals surface area contributed by atoms with Crippen molar-refractivity contribution in [2.24, 2.45) is 5.73 Å². The van der Waals surface area contributed by atoms with Crippen LogP contribution in [0.15, 0.2) is 24.5 Å². The Bertz CT molecular complexity index is 359. The molecule has 0 spiro atoms. The van der Waals surface area contributed by atoms with Crippen LogP contribution in [-0.4, -0.2) is 55.9 Å². The van der Waals surface area contributed by atoms with Crippen molar-refractivity contribution in [3.63, 3.8) is 0 Å². The molecule has 1 aromatic heterocycles. The quantitative estimate of drug-likeness (QED) is 0.742. The van der Waals surface area contributed by atoms with Crippen molar-refractivity contribution in [3.05, 3.63) is 30.1 Å². The van der Waals surface area contributed by atoms with Crippen molar-refractivity contribution in [2.75, 3.05) is 34.0 Å². The number of nitrogens with two attached hydrogens (primary N) is 1. The Morgan fingerprint density at radius 3 is 2.55 bits per heavy atom. The van der Waals surface area contributed by atoms with Gasteiger partial charge >= 0.3 is 0 Å². The lowest BCUT2D eigenvalue weighted by Gasteiger charge is -2.38. The molecule has 5 heteroatoms. The van der Waals surface area contributed by atoms with E-state index in [1.165, 1.54) is 0 Å². The lowest BCUT2D eigenvalue weighted by atomic mass is 9.99. The van der Waals surface area contributed by atoms with E-state index in [1.807, 2.05) is 19.2 Å². The molecule has 3 atom stereocenters. The second-order valence-corrected chi connectivity index (χ2v) is 5.13. The van der Waals surface area contributed by atoms with Crippen LogP contribution < -0.4 is 5.73 Å². The number of methoxy groups -OCH3 is 2. The molecule has 5 nitrogen and oxygen atoms in total. The Balaban J connectivity index is 2.98. The number of hydrogen-bond acceptors (Lipinski definition) is 5. The third-order valence-corrected chi connectivity index (χ3v) is 3.41. The highest BCUT2D eigenvalue weighted by molar-refractivity contribution is 5.16. The van der Waals surface area contributed by atoms with Crippen LogP contribution >= 0.6 is 0 Å². The molecule has 0 aliphatic carbocycles. The van der Waals surface area contributed by atoms with Crippen molar-refractivity contribution in [1.29, 1.82) is 0 Å². The first-order chi connectivity index (χ1) is 9.61. The number of aromatic nitrogens is 1. The Kier molecular flexibility index (Phi) is 7.69. The zero-order valence-corrected chi connectivity index (χ0v) is 13.0. The topological polar surface area (TPSA) is 60.6 Å². The highest BCUT2D eigenvalue weighted by Crippen LogP contribution is 2.25. The molecule has 0 fully saturated rings. The standard InChI is InChI=1S/C15H27N3O2/c1-12(11-20-4)18(8-9-19-3)15(13(2)16)14-6-5-7-17-10-14/h5-7,10,12-13,15H,8-9,11,16H2,1-4H3. The number of rotatable bonds is 9. The first-order valence-electron chi connectivity index (χ1n) is 7.01. The van der Waals surface area contributed by atoms with Crippen LogP contribution in [0.2, 0.25) is 0 Å². The van der Waals surface area contributed by atoms with Gasteiger partial charge in [0.1, 0.15) is 0 Å². The highest BCUT2D eigenvalue weighted by atomic mass is 16.5. The van der Waals surface area contributed by atoms with Crippen LogP contribution in [0.1, 0.15) is 25.5 Å². The third-order valence-electron chi connectivity index (χ3n) is 3.41. The summed E-state index contributed by atoms with van der Waals surface area (Å²) in [4.78, 5) is 6.54. The Labute approximate surface area is 122 Å². The fraction of sp³-hybridized carbons (Fsp3) is 0.667. The molecule has 2 N–H and O–H groups in total. The van der Waals surface area contributed by atoms with Gasteiger partial charge < -0.3 is 15.2 Å². The van der Waals surface area contributed by atoms with E-state index in [9.17, 15) is 0 Å². The maximum absolute atomic E-state index is 6.22. The van der Waals surface area contributed by atoms with Gasteiger partial charge in [0.25, 0.3) is 0 Å². The fourth-order valence-corrected chi connectivity index (χ4v) is 2.52. The van der Waals surface area contributed by atoms with Gasteiger partial charge in [0.2, 0.25) is 0 Å². The van der Waals surface area contributed by atoms with Crippen LogP contribution in [0.5, 0.6) is 0 Å². The predicted octanol–water partition coefficient (Wildman–Crippen LogP) is 1.45. The third kappa shape index (κ3) is 4.83. The molecule has 0 aromatic carbocycles. The first-order valence-corrected chi connectivity index (χ1v) is 7.01. The molecule has 1 heterocycles. The smallest absolute Gasteiger partial charge is 0.0615 e. The van der Waals surface area contributed by atoms with E-state index in [0.717, 1.165) is 12.1 Å². The van der Waals surface area contributed by atoms with Gasteiger partial charge in [-0.1, -0.05) is 6.07 Å². The maximum Gasteiger partial charge on any atom is 0.0615 e. The Hall–Kier alpha value is -1.01. The zero-order valence-electron chi connectivity index (χ0n) is 13.0. The van der Waals surface area contributed by atoms with E-state index >= 15 is 0 Å². The molecule has 0 radical (unpaired) electrons. The molecule has 3 unspecified atom stereocenters. The average molecular weight is 281 g/mol. The Morgan fingerprint density at radius 2 is 2.05 bits per heavy atom. The predicted molar refractivity (Wildman–Crippen MR) is 80.5 cm³/mol. The molecule has 0 saturated heterocycles. The molecule has 114 valence electrons. The van der Waals surface area contributed by atoms with Crippen LogP contribution in [0, 0.1) is 0 Å². The fourth-order valence-electron chi connectivity index (χ4n) is 2.52. The van der Waals surface area contributed by atoms with Crippen LogP contribution in [0.25, 0.3) is 0 Å². The maximum atomic E-state index is 6.22. The summed E-state index contributed by atoms with van der Waals surface area (Å²) in [6, 6.07) is 4.37. The SMILES string of the molecule is COCCN(C(C)COC)C(c1cccnc1)C(C)N. The zero-order chi connectivity index (χ0) is 15.0. The Morgan fingerprint density at radius 1 is 1.30 bits per heavy atom. The van der Waals surface area contributed by atoms with Gasteiger partial charge in [-0.05, 0) is 25.5 Å². The molecular weight excluding hydrogens is 254 g/mol. The minimum absolute atomic E-state index is 0.00429. The van der Waals surface area contributed by atoms with Gasteiger partial charge in [0, 0.05) is 45.2 Å². The summed E-state index contributed by atoms with van der Waals surface area (Å²) in [5, 5.41) is 0. The number of nitrogens with zero attached hydrogens (tertiary/aromatic N) is 2. The monoisotopic (exact) mass is 281 g/mol. The lowest BCUT2D eigenvalue weighted by Crippen LogP contribution is -2.47. The molecule has 1 aromatic rings. The minimum Gasteiger partial charge on any atom is -0.383 e. The summed E-state index contributed by atoms with van der Waals surface area (Å²) in [5.41, 5.74) is 7.35. The molecule has 0 saturated carbocycles. The van der Waals surface area contributed by atoms with Crippen LogP contribution in [-0.2, 0) is 9.47 Å². The number of pyridine rings is 1. The highest BCUT2D eigenvalue weighted by Gasteiger charge is 2.27. The number of hydrogen-bond donors (Lipinski definition) is 1. The molecule has 20 heavy (non-hydrogen) atoms. The second-order valence-electron chi connectivity index (χ2n) is 5.13. The van der Waals surface area contributed by atoms with Crippen molar-refractivity contribution in [2.45, 2.75) is 32.0 Å². The van der Waals surface area contributed by atoms with Gasteiger partial charge in [-0.25, -0.2) is 0 Å². The summed E-state index contributed by atoms with van der Waals surface area (Å²) < 4.78 is 10.5. The summed E-state index contributed by atoms with van der Waals surface area (Å²) in [5.74, 6) is 0. The summed E-state index contributed by atoms with van der Waals surface area (Å²) in [6.45, 7) is 6.30. The first kappa shape index (κ1) is 17.0. The van der Waals surface area contributed by atoms with E-state index in [1.54, 1.807) is 20.4 Å². The second kappa shape index (κ2) is 9.02. The van der Waals surface area contributed by atoms with Crippen LogP contribution in [0.4, 0.5) is 0 Å².